The first-order chi connectivity index (χ1) is 18.5. The van der Waals surface area contributed by atoms with Crippen LogP contribution in [0.4, 0.5) is 10.1 Å². The zero-order chi connectivity index (χ0) is 28.5. The molecule has 1 saturated heterocycles. The van der Waals surface area contributed by atoms with E-state index in [-0.39, 0.29) is 70.8 Å². The van der Waals surface area contributed by atoms with Gasteiger partial charge in [0.1, 0.15) is 17.4 Å². The molecule has 0 unspecified atom stereocenters. The lowest BCUT2D eigenvalue weighted by Gasteiger charge is -2.33. The number of ether oxygens (including phenoxy) is 3. The van der Waals surface area contributed by atoms with Gasteiger partial charge in [-0.1, -0.05) is 20.8 Å². The lowest BCUT2D eigenvalue weighted by molar-refractivity contribution is -0.119. The van der Waals surface area contributed by atoms with Gasteiger partial charge in [0.05, 0.1) is 38.1 Å². The second-order valence-electron chi connectivity index (χ2n) is 10.9. The van der Waals surface area contributed by atoms with Crippen molar-refractivity contribution >= 4 is 40.1 Å². The smallest absolute Gasteiger partial charge is 0.197 e. The van der Waals surface area contributed by atoms with Gasteiger partial charge in [-0.05, 0) is 43.0 Å². The molecule has 0 aromatic heterocycles. The van der Waals surface area contributed by atoms with E-state index in [0.717, 1.165) is 11.3 Å². The Kier molecular flexibility index (Phi) is 9.87. The van der Waals surface area contributed by atoms with E-state index >= 15 is 4.39 Å². The minimum absolute atomic E-state index is 0. The van der Waals surface area contributed by atoms with Crippen molar-refractivity contribution < 1.29 is 28.2 Å². The molecule has 8 nitrogen and oxygen atoms in total. The molecule has 0 radical (unpaired) electrons. The molecule has 0 atom stereocenters. The predicted molar refractivity (Wildman–Crippen MR) is 159 cm³/mol. The number of hydrogen-bond acceptors (Lipinski definition) is 7. The number of Topliss-reactive ketones (excluding diaryl/α,β-unsaturated/α-hetero) is 2. The van der Waals surface area contributed by atoms with Gasteiger partial charge in [0, 0.05) is 43.6 Å². The Morgan fingerprint density at radius 2 is 1.70 bits per heavy atom. The van der Waals surface area contributed by atoms with Gasteiger partial charge in [-0.3, -0.25) is 15.0 Å². The highest BCUT2D eigenvalue weighted by Gasteiger charge is 2.34. The van der Waals surface area contributed by atoms with E-state index in [1.807, 2.05) is 19.1 Å². The number of piperidine rings is 1. The van der Waals surface area contributed by atoms with Gasteiger partial charge in [-0.15, -0.1) is 17.0 Å². The molecular weight excluding hydrogens is 581 g/mol. The second kappa shape index (κ2) is 12.6. The third kappa shape index (κ3) is 6.11. The van der Waals surface area contributed by atoms with Crippen molar-refractivity contribution in [1.82, 2.24) is 4.90 Å². The standard InChI is InChI=1S/C30H38FN3O5.BrH/c1-7-38-24-15-19-16-34(29(32)25(19)26(31)28(24)39-8-2)17-23(36)18-13-21(30(3,4)5)27(37-6)22(14-18)33-11-9-20(35)10-12-33;/h13-15,32H,7-12,16-17H2,1-6H3;1H. The number of carbonyl (C=O) groups excluding carboxylic acids is 2. The Balaban J connectivity index is 0.00000441. The Bertz CT molecular complexity index is 1300. The first-order valence-electron chi connectivity index (χ1n) is 13.5. The summed E-state index contributed by atoms with van der Waals surface area (Å²) >= 11 is 0. The summed E-state index contributed by atoms with van der Waals surface area (Å²) in [6.45, 7) is 11.6. The topological polar surface area (TPSA) is 92.2 Å². The Morgan fingerprint density at radius 3 is 2.27 bits per heavy atom. The van der Waals surface area contributed by atoms with Crippen molar-refractivity contribution in [3.63, 3.8) is 0 Å². The lowest BCUT2D eigenvalue weighted by Crippen LogP contribution is -2.35. The van der Waals surface area contributed by atoms with Crippen molar-refractivity contribution in [3.8, 4) is 17.2 Å². The van der Waals surface area contributed by atoms with Crippen LogP contribution in [0, 0.1) is 11.2 Å². The number of anilines is 1. The van der Waals surface area contributed by atoms with Crippen LogP contribution in [0.1, 0.15) is 74.5 Å². The first-order valence-corrected chi connectivity index (χ1v) is 13.5. The summed E-state index contributed by atoms with van der Waals surface area (Å²) in [5.41, 5.74) is 2.57. The fraction of sp³-hybridized carbons (Fsp3) is 0.500. The fourth-order valence-corrected chi connectivity index (χ4v) is 5.20. The van der Waals surface area contributed by atoms with E-state index < -0.39 is 5.82 Å². The van der Waals surface area contributed by atoms with E-state index in [0.29, 0.717) is 55.2 Å². The highest BCUT2D eigenvalue weighted by molar-refractivity contribution is 8.93. The average Bonchev–Trinajstić information content (AvgIpc) is 3.20. The molecule has 2 aromatic rings. The van der Waals surface area contributed by atoms with Crippen LogP contribution < -0.4 is 19.1 Å². The van der Waals surface area contributed by atoms with Gasteiger partial charge in [-0.2, -0.15) is 0 Å². The number of rotatable bonds is 9. The normalized spacial score (nSPS) is 15.1. The molecule has 218 valence electrons. The average molecular weight is 621 g/mol. The van der Waals surface area contributed by atoms with Gasteiger partial charge in [-0.25, -0.2) is 4.39 Å². The molecule has 0 bridgehead atoms. The zero-order valence-electron chi connectivity index (χ0n) is 24.1. The highest BCUT2D eigenvalue weighted by atomic mass is 79.9. The number of ketones is 2. The monoisotopic (exact) mass is 619 g/mol. The number of hydrogen-bond donors (Lipinski definition) is 1. The van der Waals surface area contributed by atoms with Crippen LogP contribution in [0.2, 0.25) is 0 Å². The van der Waals surface area contributed by atoms with E-state index in [4.69, 9.17) is 19.6 Å². The number of methoxy groups -OCH3 is 1. The Morgan fingerprint density at radius 1 is 1.05 bits per heavy atom. The Labute approximate surface area is 246 Å². The number of fused-ring (bicyclic) bond motifs is 1. The number of carbonyl (C=O) groups is 2. The van der Waals surface area contributed by atoms with Crippen LogP contribution in [0.5, 0.6) is 17.2 Å². The summed E-state index contributed by atoms with van der Waals surface area (Å²) in [7, 11) is 1.62. The van der Waals surface area contributed by atoms with Crippen molar-refractivity contribution in [3.05, 3.63) is 46.3 Å². The number of benzene rings is 2. The van der Waals surface area contributed by atoms with Gasteiger partial charge < -0.3 is 24.0 Å². The summed E-state index contributed by atoms with van der Waals surface area (Å²) < 4.78 is 32.4. The third-order valence-corrected chi connectivity index (χ3v) is 7.17. The first kappa shape index (κ1) is 31.4. The number of nitrogens with one attached hydrogen (secondary N) is 1. The maximum Gasteiger partial charge on any atom is 0.197 e. The maximum atomic E-state index is 15.5. The van der Waals surface area contributed by atoms with E-state index in [1.165, 1.54) is 0 Å². The molecule has 0 aliphatic carbocycles. The largest absolute Gasteiger partial charge is 0.494 e. The quantitative estimate of drug-likeness (QED) is 0.360. The summed E-state index contributed by atoms with van der Waals surface area (Å²) in [5, 5.41) is 8.69. The molecule has 1 fully saturated rings. The minimum Gasteiger partial charge on any atom is -0.494 e. The fourth-order valence-electron chi connectivity index (χ4n) is 5.20. The summed E-state index contributed by atoms with van der Waals surface area (Å²) in [6, 6.07) is 5.38. The van der Waals surface area contributed by atoms with Gasteiger partial charge in [0.15, 0.2) is 23.1 Å². The molecule has 4 rings (SSSR count). The van der Waals surface area contributed by atoms with E-state index in [2.05, 4.69) is 25.7 Å². The molecule has 10 heteroatoms. The molecule has 2 aromatic carbocycles. The summed E-state index contributed by atoms with van der Waals surface area (Å²) in [5.74, 6) is 0.331. The number of halogens is 2. The zero-order valence-corrected chi connectivity index (χ0v) is 25.8. The number of nitrogens with zero attached hydrogens (tertiary/aromatic N) is 2. The second-order valence-corrected chi connectivity index (χ2v) is 10.9. The molecule has 2 aliphatic rings. The van der Waals surface area contributed by atoms with Crippen LogP contribution in [-0.2, 0) is 16.8 Å². The van der Waals surface area contributed by atoms with Gasteiger partial charge >= 0.3 is 0 Å². The van der Waals surface area contributed by atoms with E-state index in [1.54, 1.807) is 25.0 Å². The molecule has 0 saturated carbocycles. The molecule has 40 heavy (non-hydrogen) atoms. The molecule has 2 aliphatic heterocycles. The van der Waals surface area contributed by atoms with Gasteiger partial charge in [0.2, 0.25) is 0 Å². The summed E-state index contributed by atoms with van der Waals surface area (Å²) in [6.07, 6.45) is 0.906. The van der Waals surface area contributed by atoms with Crippen LogP contribution in [-0.4, -0.2) is 62.3 Å². The maximum absolute atomic E-state index is 15.5. The lowest BCUT2D eigenvalue weighted by atomic mass is 9.84. The van der Waals surface area contributed by atoms with E-state index in [9.17, 15) is 9.59 Å². The van der Waals surface area contributed by atoms with Crippen molar-refractivity contribution in [2.75, 3.05) is 44.9 Å². The van der Waals surface area contributed by atoms with Crippen LogP contribution >= 0.6 is 17.0 Å². The van der Waals surface area contributed by atoms with Crippen LogP contribution in [0.25, 0.3) is 0 Å². The van der Waals surface area contributed by atoms with Crippen molar-refractivity contribution in [2.24, 2.45) is 0 Å². The molecule has 1 N–H and O–H groups in total. The van der Waals surface area contributed by atoms with Gasteiger partial charge in [0.25, 0.3) is 0 Å². The van der Waals surface area contributed by atoms with Crippen molar-refractivity contribution in [1.29, 1.82) is 5.41 Å². The van der Waals surface area contributed by atoms with Crippen LogP contribution in [0.3, 0.4) is 0 Å². The third-order valence-electron chi connectivity index (χ3n) is 7.17. The molecule has 0 spiro atoms. The molecular formula is C30H39BrFN3O5. The predicted octanol–water partition coefficient (Wildman–Crippen LogP) is 5.70. The number of amidine groups is 1. The SMILES string of the molecule is Br.CCOc1cc2c(c(F)c1OCC)C(=N)N(CC(=O)c1cc(N3CCC(=O)CC3)c(OC)c(C(C)(C)C)c1)C2. The van der Waals surface area contributed by atoms with Crippen LogP contribution in [0.15, 0.2) is 18.2 Å². The summed E-state index contributed by atoms with van der Waals surface area (Å²) in [4.78, 5) is 29.2. The van der Waals surface area contributed by atoms with Crippen molar-refractivity contribution in [2.45, 2.75) is 59.4 Å². The highest BCUT2D eigenvalue weighted by Crippen LogP contribution is 2.42. The minimum atomic E-state index is -0.640. The molecule has 0 amide bonds. The molecule has 2 heterocycles. The Hall–Kier alpha value is -3.14.